The average Bonchev–Trinajstić information content (AvgIpc) is 3.24. The van der Waals surface area contributed by atoms with E-state index in [2.05, 4.69) is 23.7 Å². The number of benzene rings is 3. The molecule has 0 saturated carbocycles. The summed E-state index contributed by atoms with van der Waals surface area (Å²) < 4.78 is 13.0. The summed E-state index contributed by atoms with van der Waals surface area (Å²) in [6.07, 6.45) is 0.990. The van der Waals surface area contributed by atoms with Crippen molar-refractivity contribution in [1.82, 2.24) is 14.9 Å². The van der Waals surface area contributed by atoms with E-state index >= 15 is 0 Å². The molecular weight excluding hydrogens is 497 g/mol. The largest absolute Gasteiger partial charge is 0.493 e. The van der Waals surface area contributed by atoms with Crippen LogP contribution in [0.4, 0.5) is 0 Å². The van der Waals surface area contributed by atoms with Crippen LogP contribution in [-0.4, -0.2) is 29.7 Å². The zero-order valence-corrected chi connectivity index (χ0v) is 22.3. The fourth-order valence-corrected chi connectivity index (χ4v) is 4.41. The van der Waals surface area contributed by atoms with Crippen LogP contribution in [0.15, 0.2) is 54.6 Å². The number of methoxy groups -OCH3 is 2. The topological polar surface area (TPSA) is 65.4 Å². The first-order chi connectivity index (χ1) is 17.3. The van der Waals surface area contributed by atoms with Crippen molar-refractivity contribution in [3.05, 3.63) is 75.8 Å². The summed E-state index contributed by atoms with van der Waals surface area (Å²) in [5.41, 5.74) is 3.93. The van der Waals surface area contributed by atoms with Gasteiger partial charge in [0.05, 0.1) is 35.3 Å². The van der Waals surface area contributed by atoms with Crippen molar-refractivity contribution >= 4 is 40.1 Å². The molecule has 1 heterocycles. The molecule has 0 saturated heterocycles. The minimum Gasteiger partial charge on any atom is -0.493 e. The Morgan fingerprint density at radius 2 is 1.83 bits per heavy atom. The highest BCUT2D eigenvalue weighted by molar-refractivity contribution is 6.42. The zero-order valence-electron chi connectivity index (χ0n) is 20.8. The van der Waals surface area contributed by atoms with E-state index in [1.54, 1.807) is 20.3 Å². The minimum atomic E-state index is -0.199. The predicted octanol–water partition coefficient (Wildman–Crippen LogP) is 7.00. The molecule has 1 aromatic heterocycles. The number of fused-ring (bicyclic) bond motifs is 1. The smallest absolute Gasteiger partial charge is 0.251 e. The third-order valence-electron chi connectivity index (χ3n) is 6.04. The van der Waals surface area contributed by atoms with Crippen molar-refractivity contribution in [1.29, 1.82) is 0 Å². The van der Waals surface area contributed by atoms with Gasteiger partial charge in [-0.3, -0.25) is 4.79 Å². The lowest BCUT2D eigenvalue weighted by Gasteiger charge is -2.13. The van der Waals surface area contributed by atoms with Gasteiger partial charge in [0.2, 0.25) is 0 Å². The van der Waals surface area contributed by atoms with Gasteiger partial charge < -0.3 is 19.4 Å². The summed E-state index contributed by atoms with van der Waals surface area (Å²) in [5.74, 6) is 2.35. The number of carbonyl (C=O) groups excluding carboxylic acids is 1. The Balaban J connectivity index is 1.64. The quantitative estimate of drug-likeness (QED) is 0.255. The molecule has 6 nitrogen and oxygen atoms in total. The maximum atomic E-state index is 13.0. The molecule has 0 bridgehead atoms. The summed E-state index contributed by atoms with van der Waals surface area (Å²) in [6, 6.07) is 16.7. The van der Waals surface area contributed by atoms with Gasteiger partial charge in [-0.15, -0.1) is 0 Å². The molecule has 0 atom stereocenters. The highest BCUT2D eigenvalue weighted by Crippen LogP contribution is 2.32. The number of hydrogen-bond acceptors (Lipinski definition) is 4. The normalized spacial score (nSPS) is 11.2. The van der Waals surface area contributed by atoms with Gasteiger partial charge in [-0.1, -0.05) is 49.2 Å². The van der Waals surface area contributed by atoms with Crippen LogP contribution in [0.2, 0.25) is 10.0 Å². The molecule has 4 aromatic rings. The summed E-state index contributed by atoms with van der Waals surface area (Å²) >= 11 is 12.4. The molecule has 0 radical (unpaired) electrons. The van der Waals surface area contributed by atoms with Gasteiger partial charge in [0.15, 0.2) is 11.5 Å². The second-order valence-electron chi connectivity index (χ2n) is 8.94. The number of amides is 1. The number of carbonyl (C=O) groups is 1. The van der Waals surface area contributed by atoms with Gasteiger partial charge in [-0.25, -0.2) is 4.98 Å². The Bertz CT molecular complexity index is 1400. The molecular formula is C28H29Cl2N3O3. The monoisotopic (exact) mass is 525 g/mol. The Hall–Kier alpha value is -3.22. The summed E-state index contributed by atoms with van der Waals surface area (Å²) in [6.45, 7) is 5.48. The SMILES string of the molecule is COc1cccc(CNC(=O)c2ccc3c(c2)nc(-c2ccc(Cl)c(Cl)c2)n3CCC(C)C)c1OC. The number of halogens is 2. The molecule has 4 rings (SSSR count). The van der Waals surface area contributed by atoms with Crippen LogP contribution in [-0.2, 0) is 13.1 Å². The predicted molar refractivity (Wildman–Crippen MR) is 145 cm³/mol. The van der Waals surface area contributed by atoms with Crippen LogP contribution in [0.3, 0.4) is 0 Å². The van der Waals surface area contributed by atoms with Crippen molar-refractivity contribution in [2.45, 2.75) is 33.4 Å². The van der Waals surface area contributed by atoms with Gasteiger partial charge in [-0.2, -0.15) is 0 Å². The third kappa shape index (κ3) is 5.45. The first kappa shape index (κ1) is 25.9. The zero-order chi connectivity index (χ0) is 25.8. The molecule has 0 aliphatic rings. The number of para-hydroxylation sites is 1. The molecule has 0 aliphatic carbocycles. The maximum absolute atomic E-state index is 13.0. The Morgan fingerprint density at radius 1 is 1.03 bits per heavy atom. The third-order valence-corrected chi connectivity index (χ3v) is 6.78. The molecule has 36 heavy (non-hydrogen) atoms. The Labute approximate surface area is 221 Å². The van der Waals surface area contributed by atoms with Crippen molar-refractivity contribution in [2.24, 2.45) is 5.92 Å². The molecule has 0 spiro atoms. The van der Waals surface area contributed by atoms with E-state index < -0.39 is 0 Å². The van der Waals surface area contributed by atoms with Gasteiger partial charge in [0.25, 0.3) is 5.91 Å². The van der Waals surface area contributed by atoms with Crippen LogP contribution in [0, 0.1) is 5.92 Å². The lowest BCUT2D eigenvalue weighted by Crippen LogP contribution is -2.23. The molecule has 0 unspecified atom stereocenters. The second kappa shape index (κ2) is 11.2. The fraction of sp³-hybridized carbons (Fsp3) is 0.286. The van der Waals surface area contributed by atoms with Gasteiger partial charge in [0.1, 0.15) is 5.82 Å². The van der Waals surface area contributed by atoms with Gasteiger partial charge in [0, 0.05) is 29.8 Å². The van der Waals surface area contributed by atoms with Crippen LogP contribution in [0.1, 0.15) is 36.2 Å². The van der Waals surface area contributed by atoms with Crippen LogP contribution < -0.4 is 14.8 Å². The summed E-state index contributed by atoms with van der Waals surface area (Å²) in [5, 5.41) is 3.95. The number of hydrogen-bond donors (Lipinski definition) is 1. The molecule has 188 valence electrons. The number of nitrogens with one attached hydrogen (secondary N) is 1. The summed E-state index contributed by atoms with van der Waals surface area (Å²) in [7, 11) is 3.17. The lowest BCUT2D eigenvalue weighted by atomic mass is 10.1. The van der Waals surface area contributed by atoms with E-state index in [1.807, 2.05) is 48.5 Å². The fourth-order valence-electron chi connectivity index (χ4n) is 4.11. The van der Waals surface area contributed by atoms with Gasteiger partial charge >= 0.3 is 0 Å². The molecule has 1 N–H and O–H groups in total. The molecule has 0 aliphatic heterocycles. The number of nitrogens with zero attached hydrogens (tertiary/aromatic N) is 2. The standard InChI is InChI=1S/C28H29Cl2N3O3/c1-17(2)12-13-33-24-11-9-19(15-23(24)32-27(33)18-8-10-21(29)22(30)14-18)28(34)31-16-20-6-5-7-25(35-3)26(20)36-4/h5-11,14-15,17H,12-13,16H2,1-4H3,(H,31,34). The van der Waals surface area contributed by atoms with E-state index in [0.717, 1.165) is 41.0 Å². The van der Waals surface area contributed by atoms with E-state index in [-0.39, 0.29) is 5.91 Å². The van der Waals surface area contributed by atoms with Crippen LogP contribution in [0.25, 0.3) is 22.4 Å². The van der Waals surface area contributed by atoms with E-state index in [4.69, 9.17) is 37.7 Å². The minimum absolute atomic E-state index is 0.199. The van der Waals surface area contributed by atoms with Crippen molar-refractivity contribution in [2.75, 3.05) is 14.2 Å². The van der Waals surface area contributed by atoms with Crippen molar-refractivity contribution in [3.8, 4) is 22.9 Å². The highest BCUT2D eigenvalue weighted by atomic mass is 35.5. The van der Waals surface area contributed by atoms with E-state index in [9.17, 15) is 4.79 Å². The number of imidazole rings is 1. The number of rotatable bonds is 9. The highest BCUT2D eigenvalue weighted by Gasteiger charge is 2.17. The van der Waals surface area contributed by atoms with Crippen molar-refractivity contribution < 1.29 is 14.3 Å². The molecule has 3 aromatic carbocycles. The number of aromatic nitrogens is 2. The first-order valence-corrected chi connectivity index (χ1v) is 12.5. The molecule has 8 heteroatoms. The van der Waals surface area contributed by atoms with E-state index in [1.165, 1.54) is 0 Å². The van der Waals surface area contributed by atoms with E-state index in [0.29, 0.717) is 39.6 Å². The first-order valence-electron chi connectivity index (χ1n) is 11.8. The molecule has 1 amide bonds. The van der Waals surface area contributed by atoms with Gasteiger partial charge in [-0.05, 0) is 54.8 Å². The van der Waals surface area contributed by atoms with Crippen LogP contribution >= 0.6 is 23.2 Å². The van der Waals surface area contributed by atoms with Crippen LogP contribution in [0.5, 0.6) is 11.5 Å². The Kier molecular flexibility index (Phi) is 8.07. The lowest BCUT2D eigenvalue weighted by molar-refractivity contribution is 0.0950. The number of aryl methyl sites for hydroxylation is 1. The number of ether oxygens (including phenoxy) is 2. The van der Waals surface area contributed by atoms with Crippen molar-refractivity contribution in [3.63, 3.8) is 0 Å². The summed E-state index contributed by atoms with van der Waals surface area (Å²) in [4.78, 5) is 17.9. The Morgan fingerprint density at radius 3 is 2.53 bits per heavy atom. The second-order valence-corrected chi connectivity index (χ2v) is 9.75. The average molecular weight is 526 g/mol. The molecule has 0 fully saturated rings. The maximum Gasteiger partial charge on any atom is 0.251 e.